The van der Waals surface area contributed by atoms with Gasteiger partial charge in [-0.2, -0.15) is 5.10 Å². The lowest BCUT2D eigenvalue weighted by atomic mass is 9.86. The summed E-state index contributed by atoms with van der Waals surface area (Å²) >= 11 is 5.75. The Morgan fingerprint density at radius 3 is 2.81 bits per heavy atom. The predicted molar refractivity (Wildman–Crippen MR) is 82.6 cm³/mol. The van der Waals surface area contributed by atoms with Crippen molar-refractivity contribution in [2.45, 2.75) is 32.6 Å². The summed E-state index contributed by atoms with van der Waals surface area (Å²) in [5, 5.41) is 14.4. The van der Waals surface area contributed by atoms with Gasteiger partial charge in [-0.15, -0.1) is 0 Å². The highest BCUT2D eigenvalue weighted by Crippen LogP contribution is 2.48. The number of hydrazone groups is 1. The van der Waals surface area contributed by atoms with Gasteiger partial charge in [0, 0.05) is 16.7 Å². The van der Waals surface area contributed by atoms with Gasteiger partial charge < -0.3 is 5.11 Å². The summed E-state index contributed by atoms with van der Waals surface area (Å²) in [6, 6.07) is 4.42. The Balaban J connectivity index is 1.66. The van der Waals surface area contributed by atoms with E-state index in [0.717, 1.165) is 17.5 Å². The van der Waals surface area contributed by atoms with E-state index in [0.29, 0.717) is 10.9 Å². The SMILES string of the molecule is C/C(=N\NC(=O)c1ccc(Cl)cc1O)[C@@H]1C[C@H]2CC[C@H]1C2. The van der Waals surface area contributed by atoms with Crippen LogP contribution in [-0.2, 0) is 0 Å². The van der Waals surface area contributed by atoms with Gasteiger partial charge in [0.2, 0.25) is 0 Å². The molecule has 1 aromatic rings. The Morgan fingerprint density at radius 2 is 2.19 bits per heavy atom. The van der Waals surface area contributed by atoms with E-state index in [4.69, 9.17) is 11.6 Å². The third-order valence-corrected chi connectivity index (χ3v) is 5.05. The average molecular weight is 307 g/mol. The Labute approximate surface area is 129 Å². The number of nitrogens with zero attached hydrogens (tertiary/aromatic N) is 1. The van der Waals surface area contributed by atoms with Gasteiger partial charge in [0.25, 0.3) is 5.91 Å². The van der Waals surface area contributed by atoms with Crippen LogP contribution in [0.3, 0.4) is 0 Å². The molecule has 2 aliphatic rings. The molecule has 1 aromatic carbocycles. The van der Waals surface area contributed by atoms with Crippen LogP contribution >= 0.6 is 11.6 Å². The molecule has 2 bridgehead atoms. The van der Waals surface area contributed by atoms with Crippen molar-refractivity contribution in [1.82, 2.24) is 5.43 Å². The van der Waals surface area contributed by atoms with Crippen LogP contribution in [0.15, 0.2) is 23.3 Å². The number of hydrogen-bond donors (Lipinski definition) is 2. The molecule has 112 valence electrons. The van der Waals surface area contributed by atoms with Crippen LogP contribution in [0.5, 0.6) is 5.75 Å². The molecule has 1 amide bonds. The molecule has 0 aromatic heterocycles. The fourth-order valence-corrected chi connectivity index (χ4v) is 3.90. The van der Waals surface area contributed by atoms with Gasteiger partial charge in [0.05, 0.1) is 5.56 Å². The lowest BCUT2D eigenvalue weighted by Gasteiger charge is -2.21. The lowest BCUT2D eigenvalue weighted by Crippen LogP contribution is -2.24. The zero-order valence-electron chi connectivity index (χ0n) is 12.0. The number of carbonyl (C=O) groups excluding carboxylic acids is 1. The van der Waals surface area contributed by atoms with Gasteiger partial charge in [-0.3, -0.25) is 4.79 Å². The second-order valence-electron chi connectivity index (χ2n) is 6.14. The molecule has 0 radical (unpaired) electrons. The maximum Gasteiger partial charge on any atom is 0.275 e. The summed E-state index contributed by atoms with van der Waals surface area (Å²) in [7, 11) is 0. The molecular weight excluding hydrogens is 288 g/mol. The van der Waals surface area contributed by atoms with Gasteiger partial charge in [-0.1, -0.05) is 18.0 Å². The van der Waals surface area contributed by atoms with Crippen molar-refractivity contribution in [3.05, 3.63) is 28.8 Å². The summed E-state index contributed by atoms with van der Waals surface area (Å²) in [6.45, 7) is 1.98. The largest absolute Gasteiger partial charge is 0.507 e. The van der Waals surface area contributed by atoms with Crippen molar-refractivity contribution in [3.63, 3.8) is 0 Å². The molecule has 0 aliphatic heterocycles. The van der Waals surface area contributed by atoms with Crippen LogP contribution < -0.4 is 5.43 Å². The predicted octanol–water partition coefficient (Wildman–Crippen LogP) is 3.59. The van der Waals surface area contributed by atoms with E-state index in [-0.39, 0.29) is 11.3 Å². The lowest BCUT2D eigenvalue weighted by molar-refractivity contribution is 0.0952. The highest BCUT2D eigenvalue weighted by molar-refractivity contribution is 6.30. The van der Waals surface area contributed by atoms with Crippen LogP contribution in [0.25, 0.3) is 0 Å². The fraction of sp³-hybridized carbons (Fsp3) is 0.500. The molecular formula is C16H19ClN2O2. The minimum atomic E-state index is -0.410. The van der Waals surface area contributed by atoms with Crippen molar-refractivity contribution in [2.24, 2.45) is 22.9 Å². The Morgan fingerprint density at radius 1 is 1.38 bits per heavy atom. The number of rotatable bonds is 3. The molecule has 3 rings (SSSR count). The van der Waals surface area contributed by atoms with E-state index in [2.05, 4.69) is 10.5 Å². The zero-order chi connectivity index (χ0) is 15.0. The van der Waals surface area contributed by atoms with Gasteiger partial charge >= 0.3 is 0 Å². The Kier molecular flexibility index (Phi) is 3.89. The summed E-state index contributed by atoms with van der Waals surface area (Å²) < 4.78 is 0. The Bertz CT molecular complexity index is 600. The van der Waals surface area contributed by atoms with Gasteiger partial charge in [-0.25, -0.2) is 5.43 Å². The smallest absolute Gasteiger partial charge is 0.275 e. The van der Waals surface area contributed by atoms with Gasteiger partial charge in [0.15, 0.2) is 0 Å². The number of aromatic hydroxyl groups is 1. The second-order valence-corrected chi connectivity index (χ2v) is 6.57. The highest BCUT2D eigenvalue weighted by atomic mass is 35.5. The quantitative estimate of drug-likeness (QED) is 0.662. The first-order valence-corrected chi connectivity index (χ1v) is 7.75. The standard InChI is InChI=1S/C16H19ClN2O2/c1-9(14-7-10-2-3-11(14)6-10)18-19-16(21)13-5-4-12(17)8-15(13)20/h4-5,8,10-11,14,20H,2-3,6-7H2,1H3,(H,19,21)/b18-9+/t10-,11-,14-/m0/s1. The molecule has 2 saturated carbocycles. The van der Waals surface area contributed by atoms with Crippen molar-refractivity contribution < 1.29 is 9.90 Å². The van der Waals surface area contributed by atoms with Crippen LogP contribution in [0, 0.1) is 17.8 Å². The van der Waals surface area contributed by atoms with Crippen molar-refractivity contribution in [3.8, 4) is 5.75 Å². The van der Waals surface area contributed by atoms with Crippen molar-refractivity contribution >= 4 is 23.2 Å². The molecule has 0 unspecified atom stereocenters. The second kappa shape index (κ2) is 5.68. The number of nitrogens with one attached hydrogen (secondary N) is 1. The number of phenols is 1. The number of phenolic OH excluding ortho intramolecular Hbond substituents is 1. The third kappa shape index (κ3) is 2.91. The monoisotopic (exact) mass is 306 g/mol. The molecule has 4 nitrogen and oxygen atoms in total. The first-order valence-electron chi connectivity index (χ1n) is 7.37. The summed E-state index contributed by atoms with van der Waals surface area (Å²) in [5.74, 6) is 1.54. The van der Waals surface area contributed by atoms with Crippen LogP contribution in [-0.4, -0.2) is 16.7 Å². The molecule has 3 atom stereocenters. The maximum absolute atomic E-state index is 12.0. The van der Waals surface area contributed by atoms with Crippen LogP contribution in [0.2, 0.25) is 5.02 Å². The van der Waals surface area contributed by atoms with Gasteiger partial charge in [-0.05, 0) is 56.2 Å². The molecule has 0 heterocycles. The molecule has 0 spiro atoms. The topological polar surface area (TPSA) is 61.7 Å². The van der Waals surface area contributed by atoms with E-state index in [1.807, 2.05) is 6.92 Å². The van der Waals surface area contributed by atoms with Crippen molar-refractivity contribution in [2.75, 3.05) is 0 Å². The molecule has 2 fully saturated rings. The van der Waals surface area contributed by atoms with Crippen LogP contribution in [0.1, 0.15) is 43.0 Å². The molecule has 0 saturated heterocycles. The minimum Gasteiger partial charge on any atom is -0.507 e. The number of fused-ring (bicyclic) bond motifs is 2. The number of amides is 1. The fourth-order valence-electron chi connectivity index (χ4n) is 3.74. The molecule has 2 aliphatic carbocycles. The first-order chi connectivity index (χ1) is 10.0. The number of carbonyl (C=O) groups is 1. The first kappa shape index (κ1) is 14.4. The zero-order valence-corrected chi connectivity index (χ0v) is 12.7. The van der Waals surface area contributed by atoms with E-state index >= 15 is 0 Å². The normalized spacial score (nSPS) is 27.9. The number of hydrogen-bond acceptors (Lipinski definition) is 3. The number of benzene rings is 1. The van der Waals surface area contributed by atoms with Gasteiger partial charge in [0.1, 0.15) is 5.75 Å². The average Bonchev–Trinajstić information content (AvgIpc) is 3.07. The van der Waals surface area contributed by atoms with E-state index < -0.39 is 5.91 Å². The minimum absolute atomic E-state index is 0.132. The molecule has 5 heteroatoms. The van der Waals surface area contributed by atoms with E-state index in [1.54, 1.807) is 6.07 Å². The summed E-state index contributed by atoms with van der Waals surface area (Å²) in [6.07, 6.45) is 5.14. The third-order valence-electron chi connectivity index (χ3n) is 4.81. The van der Waals surface area contributed by atoms with Crippen LogP contribution in [0.4, 0.5) is 0 Å². The molecule has 2 N–H and O–H groups in total. The highest BCUT2D eigenvalue weighted by Gasteiger charge is 2.40. The summed E-state index contributed by atoms with van der Waals surface area (Å²) in [5.41, 5.74) is 3.72. The van der Waals surface area contributed by atoms with E-state index in [9.17, 15) is 9.90 Å². The number of halogens is 1. The Hall–Kier alpha value is -1.55. The maximum atomic E-state index is 12.0. The van der Waals surface area contributed by atoms with E-state index in [1.165, 1.54) is 37.8 Å². The summed E-state index contributed by atoms with van der Waals surface area (Å²) in [4.78, 5) is 12.0. The molecule has 21 heavy (non-hydrogen) atoms. The van der Waals surface area contributed by atoms with Crippen molar-refractivity contribution in [1.29, 1.82) is 0 Å².